The number of rotatable bonds is 3. The first-order valence-corrected chi connectivity index (χ1v) is 6.41. The third-order valence-electron chi connectivity index (χ3n) is 2.55. The molecule has 0 fully saturated rings. The van der Waals surface area contributed by atoms with Crippen LogP contribution < -0.4 is 10.5 Å². The van der Waals surface area contributed by atoms with Crippen LogP contribution in [0.4, 0.5) is 13.2 Å². The van der Waals surface area contributed by atoms with Crippen LogP contribution in [0.3, 0.4) is 0 Å². The fourth-order valence-electron chi connectivity index (χ4n) is 1.70. The van der Waals surface area contributed by atoms with Crippen molar-refractivity contribution >= 4 is 15.9 Å². The molecule has 0 radical (unpaired) electrons. The molecule has 0 aliphatic rings. The summed E-state index contributed by atoms with van der Waals surface area (Å²) in [6.07, 6.45) is -1.57. The number of aromatic nitrogens is 2. The molecule has 4 nitrogen and oxygen atoms in total. The van der Waals surface area contributed by atoms with Crippen LogP contribution in [-0.4, -0.2) is 15.9 Å². The van der Waals surface area contributed by atoms with Crippen molar-refractivity contribution in [2.45, 2.75) is 19.3 Å². The molecule has 1 atom stereocenters. The fourth-order valence-corrected chi connectivity index (χ4v) is 2.15. The third-order valence-corrected chi connectivity index (χ3v) is 3.17. The molecular formula is C12H11BrF3N3O. The van der Waals surface area contributed by atoms with Gasteiger partial charge in [-0.2, -0.15) is 0 Å². The van der Waals surface area contributed by atoms with Crippen molar-refractivity contribution in [2.75, 3.05) is 0 Å². The summed E-state index contributed by atoms with van der Waals surface area (Å²) in [5.41, 5.74) is 7.19. The van der Waals surface area contributed by atoms with E-state index in [1.807, 2.05) is 0 Å². The van der Waals surface area contributed by atoms with Gasteiger partial charge in [-0.1, -0.05) is 0 Å². The van der Waals surface area contributed by atoms with Gasteiger partial charge in [0.25, 0.3) is 0 Å². The molecule has 0 saturated heterocycles. The van der Waals surface area contributed by atoms with Crippen molar-refractivity contribution in [3.63, 3.8) is 0 Å². The molecule has 2 rings (SSSR count). The second kappa shape index (κ2) is 5.45. The van der Waals surface area contributed by atoms with Crippen LogP contribution in [0, 0.1) is 0 Å². The molecule has 0 aliphatic carbocycles. The summed E-state index contributed by atoms with van der Waals surface area (Å²) in [7, 11) is 0. The highest BCUT2D eigenvalue weighted by Gasteiger charge is 2.32. The quantitative estimate of drug-likeness (QED) is 0.921. The number of halogens is 4. The molecular weight excluding hydrogens is 339 g/mol. The Hall–Kier alpha value is -1.54. The summed E-state index contributed by atoms with van der Waals surface area (Å²) < 4.78 is 42.3. The van der Waals surface area contributed by atoms with Crippen LogP contribution in [0.15, 0.2) is 35.2 Å². The van der Waals surface area contributed by atoms with E-state index in [9.17, 15) is 13.2 Å². The van der Waals surface area contributed by atoms with E-state index in [1.165, 1.54) is 18.2 Å². The maximum absolute atomic E-state index is 12.2. The highest BCUT2D eigenvalue weighted by Crippen LogP contribution is 2.32. The molecule has 0 spiro atoms. The van der Waals surface area contributed by atoms with E-state index < -0.39 is 6.36 Å². The molecule has 0 aliphatic heterocycles. The van der Waals surface area contributed by atoms with Crippen molar-refractivity contribution in [3.05, 3.63) is 40.9 Å². The Morgan fingerprint density at radius 3 is 2.65 bits per heavy atom. The second-order valence-corrected chi connectivity index (χ2v) is 4.99. The number of imidazole rings is 1. The number of hydrogen-bond acceptors (Lipinski definition) is 3. The number of alkyl halides is 3. The maximum Gasteiger partial charge on any atom is 0.573 e. The summed E-state index contributed by atoms with van der Waals surface area (Å²) in [4.78, 5) is 3.99. The number of hydrogen-bond donors (Lipinski definition) is 1. The van der Waals surface area contributed by atoms with Crippen LogP contribution >= 0.6 is 15.9 Å². The van der Waals surface area contributed by atoms with E-state index in [0.717, 1.165) is 5.69 Å². The van der Waals surface area contributed by atoms with Crippen LogP contribution in [0.2, 0.25) is 0 Å². The van der Waals surface area contributed by atoms with Gasteiger partial charge in [0.1, 0.15) is 5.75 Å². The Morgan fingerprint density at radius 1 is 1.40 bits per heavy atom. The fraction of sp³-hybridized carbons (Fsp3) is 0.250. The van der Waals surface area contributed by atoms with Gasteiger partial charge in [-0.15, -0.1) is 13.2 Å². The van der Waals surface area contributed by atoms with Crippen molar-refractivity contribution in [3.8, 4) is 11.4 Å². The molecule has 0 saturated carbocycles. The Kier molecular flexibility index (Phi) is 4.05. The smallest absolute Gasteiger partial charge is 0.405 e. The summed E-state index contributed by atoms with van der Waals surface area (Å²) >= 11 is 3.06. The lowest BCUT2D eigenvalue weighted by Gasteiger charge is -2.14. The third kappa shape index (κ3) is 3.31. The van der Waals surface area contributed by atoms with Gasteiger partial charge in [-0.25, -0.2) is 4.98 Å². The first-order valence-electron chi connectivity index (χ1n) is 5.61. The molecule has 8 heteroatoms. The highest BCUT2D eigenvalue weighted by atomic mass is 79.9. The zero-order valence-corrected chi connectivity index (χ0v) is 11.9. The first-order chi connectivity index (χ1) is 9.28. The number of benzene rings is 1. The Morgan fingerprint density at radius 2 is 2.10 bits per heavy atom. The lowest BCUT2D eigenvalue weighted by atomic mass is 10.2. The summed E-state index contributed by atoms with van der Waals surface area (Å²) in [6.45, 7) is 1.80. The molecule has 0 bridgehead atoms. The van der Waals surface area contributed by atoms with Crippen molar-refractivity contribution < 1.29 is 17.9 Å². The first kappa shape index (κ1) is 14.9. The SMILES string of the molecule is C[C@@H](N)c1cncn1-c1ccc(OC(F)(F)F)c(Br)c1. The van der Waals surface area contributed by atoms with E-state index in [4.69, 9.17) is 5.73 Å². The van der Waals surface area contributed by atoms with Crippen LogP contribution in [0.25, 0.3) is 5.69 Å². The molecule has 1 heterocycles. The van der Waals surface area contributed by atoms with E-state index in [0.29, 0.717) is 5.69 Å². The van der Waals surface area contributed by atoms with Gasteiger partial charge >= 0.3 is 6.36 Å². The molecule has 2 N–H and O–H groups in total. The average molecular weight is 350 g/mol. The molecule has 0 amide bonds. The van der Waals surface area contributed by atoms with E-state index >= 15 is 0 Å². The maximum atomic E-state index is 12.2. The van der Waals surface area contributed by atoms with Crippen molar-refractivity contribution in [1.29, 1.82) is 0 Å². The predicted octanol–water partition coefficient (Wildman–Crippen LogP) is 3.55. The lowest BCUT2D eigenvalue weighted by molar-refractivity contribution is -0.274. The van der Waals surface area contributed by atoms with E-state index in [1.54, 1.807) is 24.0 Å². The van der Waals surface area contributed by atoms with Crippen molar-refractivity contribution in [2.24, 2.45) is 5.73 Å². The topological polar surface area (TPSA) is 53.1 Å². The van der Waals surface area contributed by atoms with Gasteiger partial charge in [0.05, 0.1) is 22.7 Å². The zero-order valence-electron chi connectivity index (χ0n) is 10.4. The number of nitrogens with zero attached hydrogens (tertiary/aromatic N) is 2. The minimum atomic E-state index is -4.73. The van der Waals surface area contributed by atoms with Gasteiger partial charge < -0.3 is 15.0 Å². The van der Waals surface area contributed by atoms with Crippen LogP contribution in [-0.2, 0) is 0 Å². The minimum Gasteiger partial charge on any atom is -0.405 e. The molecule has 0 unspecified atom stereocenters. The van der Waals surface area contributed by atoms with E-state index in [-0.39, 0.29) is 16.3 Å². The average Bonchev–Trinajstić information content (AvgIpc) is 2.79. The largest absolute Gasteiger partial charge is 0.573 e. The van der Waals surface area contributed by atoms with E-state index in [2.05, 4.69) is 25.7 Å². The molecule has 1 aromatic heterocycles. The van der Waals surface area contributed by atoms with Gasteiger partial charge in [0.15, 0.2) is 0 Å². The second-order valence-electron chi connectivity index (χ2n) is 4.14. The zero-order chi connectivity index (χ0) is 14.9. The van der Waals surface area contributed by atoms with Crippen LogP contribution in [0.5, 0.6) is 5.75 Å². The van der Waals surface area contributed by atoms with Crippen LogP contribution in [0.1, 0.15) is 18.7 Å². The number of nitrogens with two attached hydrogens (primary N) is 1. The molecule has 2 aromatic rings. The summed E-state index contributed by atoms with van der Waals surface area (Å²) in [5.74, 6) is -0.302. The van der Waals surface area contributed by atoms with Gasteiger partial charge in [-0.3, -0.25) is 0 Å². The predicted molar refractivity (Wildman–Crippen MR) is 70.5 cm³/mol. The highest BCUT2D eigenvalue weighted by molar-refractivity contribution is 9.10. The minimum absolute atomic E-state index is 0.191. The summed E-state index contributed by atoms with van der Waals surface area (Å²) in [6, 6.07) is 3.99. The van der Waals surface area contributed by atoms with Crippen molar-refractivity contribution in [1.82, 2.24) is 9.55 Å². The Labute approximate surface area is 121 Å². The monoisotopic (exact) mass is 349 g/mol. The normalized spacial score (nSPS) is 13.3. The summed E-state index contributed by atoms with van der Waals surface area (Å²) in [5, 5.41) is 0. The Bertz CT molecular complexity index is 610. The van der Waals surface area contributed by atoms with Gasteiger partial charge in [-0.05, 0) is 41.1 Å². The molecule has 20 heavy (non-hydrogen) atoms. The lowest BCUT2D eigenvalue weighted by Crippen LogP contribution is -2.17. The number of ether oxygens (including phenoxy) is 1. The molecule has 108 valence electrons. The Balaban J connectivity index is 2.36. The standard InChI is InChI=1S/C12H11BrF3N3O/c1-7(17)10-5-18-6-19(10)8-2-3-11(9(13)4-8)20-12(14,15)16/h2-7H,17H2,1H3/t7-/m1/s1. The molecule has 1 aromatic carbocycles. The van der Waals surface area contributed by atoms with Gasteiger partial charge in [0.2, 0.25) is 0 Å². The van der Waals surface area contributed by atoms with Gasteiger partial charge in [0, 0.05) is 11.7 Å².